The summed E-state index contributed by atoms with van der Waals surface area (Å²) >= 11 is 5.88. The molecule has 24 heavy (non-hydrogen) atoms. The second-order valence-corrected chi connectivity index (χ2v) is 7.81. The minimum atomic E-state index is -4.64. The van der Waals surface area contributed by atoms with Crippen LogP contribution in [0.3, 0.4) is 0 Å². The van der Waals surface area contributed by atoms with Crippen LogP contribution in [0.2, 0.25) is 5.02 Å². The summed E-state index contributed by atoms with van der Waals surface area (Å²) in [5, 5.41) is -0.221. The fraction of sp³-hybridized carbons (Fsp3) is 0.250. The van der Waals surface area contributed by atoms with Gasteiger partial charge in [-0.25, -0.2) is 8.42 Å². The Morgan fingerprint density at radius 1 is 1.04 bits per heavy atom. The lowest BCUT2D eigenvalue weighted by molar-refractivity contribution is -0.137. The largest absolute Gasteiger partial charge is 0.416 e. The van der Waals surface area contributed by atoms with E-state index in [-0.39, 0.29) is 18.1 Å². The van der Waals surface area contributed by atoms with Gasteiger partial charge in [0.25, 0.3) is 0 Å². The van der Waals surface area contributed by atoms with Crippen LogP contribution < -0.4 is 0 Å². The molecule has 0 aliphatic carbocycles. The second-order valence-electron chi connectivity index (χ2n) is 5.50. The third kappa shape index (κ3) is 3.16. The average Bonchev–Trinajstić information content (AvgIpc) is 2.53. The van der Waals surface area contributed by atoms with Crippen molar-refractivity contribution in [3.8, 4) is 0 Å². The van der Waals surface area contributed by atoms with Crippen LogP contribution in [0.25, 0.3) is 0 Å². The molecule has 8 heteroatoms. The van der Waals surface area contributed by atoms with Crippen LogP contribution in [0.15, 0.2) is 47.4 Å². The fourth-order valence-electron chi connectivity index (χ4n) is 2.69. The van der Waals surface area contributed by atoms with Gasteiger partial charge in [-0.3, -0.25) is 0 Å². The first kappa shape index (κ1) is 17.3. The van der Waals surface area contributed by atoms with E-state index in [1.165, 1.54) is 0 Å². The topological polar surface area (TPSA) is 37.4 Å². The van der Waals surface area contributed by atoms with Crippen molar-refractivity contribution in [1.82, 2.24) is 4.31 Å². The van der Waals surface area contributed by atoms with Crippen molar-refractivity contribution in [2.75, 3.05) is 6.54 Å². The maximum absolute atomic E-state index is 12.9. The predicted molar refractivity (Wildman–Crippen MR) is 84.2 cm³/mol. The third-order valence-electron chi connectivity index (χ3n) is 3.97. The summed E-state index contributed by atoms with van der Waals surface area (Å²) in [6, 6.07) is 9.72. The summed E-state index contributed by atoms with van der Waals surface area (Å²) < 4.78 is 65.3. The van der Waals surface area contributed by atoms with Crippen LogP contribution in [0.1, 0.15) is 16.7 Å². The summed E-state index contributed by atoms with van der Waals surface area (Å²) in [5.41, 5.74) is 0.845. The van der Waals surface area contributed by atoms with Crippen molar-refractivity contribution in [1.29, 1.82) is 0 Å². The summed E-state index contributed by atoms with van der Waals surface area (Å²) in [4.78, 5) is -0.515. The molecule has 0 fully saturated rings. The van der Waals surface area contributed by atoms with Crippen LogP contribution in [0.5, 0.6) is 0 Å². The lowest BCUT2D eigenvalue weighted by Crippen LogP contribution is -2.36. The quantitative estimate of drug-likeness (QED) is 0.792. The Morgan fingerprint density at radius 2 is 1.71 bits per heavy atom. The third-order valence-corrected chi connectivity index (χ3v) is 6.30. The molecule has 0 radical (unpaired) electrons. The summed E-state index contributed by atoms with van der Waals surface area (Å²) in [5.74, 6) is 0. The normalized spacial score (nSPS) is 16.0. The molecule has 0 spiro atoms. The van der Waals surface area contributed by atoms with Crippen molar-refractivity contribution < 1.29 is 21.6 Å². The van der Waals surface area contributed by atoms with Crippen LogP contribution in [0, 0.1) is 0 Å². The van der Waals surface area contributed by atoms with Gasteiger partial charge in [0.15, 0.2) is 0 Å². The Kier molecular flexibility index (Phi) is 4.36. The monoisotopic (exact) mass is 375 g/mol. The number of hydrogen-bond acceptors (Lipinski definition) is 2. The van der Waals surface area contributed by atoms with Crippen LogP contribution in [-0.2, 0) is 29.2 Å². The number of fused-ring (bicyclic) bond motifs is 1. The molecule has 2 aromatic carbocycles. The molecule has 0 aromatic heterocycles. The van der Waals surface area contributed by atoms with E-state index in [4.69, 9.17) is 11.6 Å². The van der Waals surface area contributed by atoms with Crippen molar-refractivity contribution in [2.24, 2.45) is 0 Å². The average molecular weight is 376 g/mol. The van der Waals surface area contributed by atoms with E-state index in [9.17, 15) is 21.6 Å². The van der Waals surface area contributed by atoms with Gasteiger partial charge in [-0.2, -0.15) is 17.5 Å². The number of alkyl halides is 3. The van der Waals surface area contributed by atoms with E-state index in [1.54, 1.807) is 6.07 Å². The highest BCUT2D eigenvalue weighted by atomic mass is 35.5. The Bertz CT molecular complexity index is 881. The van der Waals surface area contributed by atoms with E-state index < -0.39 is 26.7 Å². The first-order chi connectivity index (χ1) is 11.2. The lowest BCUT2D eigenvalue weighted by Gasteiger charge is -2.28. The van der Waals surface area contributed by atoms with E-state index in [0.717, 1.165) is 27.6 Å². The van der Waals surface area contributed by atoms with Gasteiger partial charge in [-0.15, -0.1) is 0 Å². The second kappa shape index (κ2) is 6.06. The fourth-order valence-corrected chi connectivity index (χ4v) is 4.61. The number of nitrogens with zero attached hydrogens (tertiary/aromatic N) is 1. The van der Waals surface area contributed by atoms with Crippen LogP contribution in [0.4, 0.5) is 13.2 Å². The van der Waals surface area contributed by atoms with Gasteiger partial charge in [0.2, 0.25) is 10.0 Å². The van der Waals surface area contributed by atoms with Gasteiger partial charge in [0.1, 0.15) is 4.90 Å². The first-order valence-corrected chi connectivity index (χ1v) is 8.95. The maximum atomic E-state index is 12.9. The molecule has 1 aliphatic heterocycles. The molecule has 1 heterocycles. The standard InChI is InChI=1S/C16H13ClF3NO2S/c17-14-6-5-13(16(18,19)20)9-15(14)24(22,23)21-8-7-11-3-1-2-4-12(11)10-21/h1-6,9H,7-8,10H2. The molecule has 3 nitrogen and oxygen atoms in total. The van der Waals surface area contributed by atoms with E-state index in [1.807, 2.05) is 18.2 Å². The van der Waals surface area contributed by atoms with Gasteiger partial charge in [0.05, 0.1) is 10.6 Å². The maximum Gasteiger partial charge on any atom is 0.416 e. The highest BCUT2D eigenvalue weighted by molar-refractivity contribution is 7.89. The zero-order valence-corrected chi connectivity index (χ0v) is 13.9. The zero-order chi connectivity index (χ0) is 17.5. The van der Waals surface area contributed by atoms with Gasteiger partial charge < -0.3 is 0 Å². The lowest BCUT2D eigenvalue weighted by atomic mass is 10.0. The summed E-state index contributed by atoms with van der Waals surface area (Å²) in [6.07, 6.45) is -4.13. The molecular weight excluding hydrogens is 363 g/mol. The minimum Gasteiger partial charge on any atom is -0.207 e. The van der Waals surface area contributed by atoms with E-state index in [0.29, 0.717) is 12.5 Å². The Balaban J connectivity index is 2.00. The molecule has 2 aromatic rings. The van der Waals surface area contributed by atoms with E-state index >= 15 is 0 Å². The van der Waals surface area contributed by atoms with Crippen molar-refractivity contribution in [2.45, 2.75) is 24.0 Å². The molecule has 3 rings (SSSR count). The molecule has 0 saturated heterocycles. The van der Waals surface area contributed by atoms with Gasteiger partial charge in [-0.1, -0.05) is 35.9 Å². The molecule has 0 bridgehead atoms. The smallest absolute Gasteiger partial charge is 0.207 e. The van der Waals surface area contributed by atoms with E-state index in [2.05, 4.69) is 0 Å². The van der Waals surface area contributed by atoms with Crippen molar-refractivity contribution in [3.63, 3.8) is 0 Å². The van der Waals surface area contributed by atoms with Crippen molar-refractivity contribution >= 4 is 21.6 Å². The predicted octanol–water partition coefficient (Wildman–Crippen LogP) is 4.11. The highest BCUT2D eigenvalue weighted by Gasteiger charge is 2.35. The molecule has 128 valence electrons. The van der Waals surface area contributed by atoms with Gasteiger partial charge in [-0.05, 0) is 35.7 Å². The molecule has 0 saturated carbocycles. The summed E-state index contributed by atoms with van der Waals surface area (Å²) in [7, 11) is -4.12. The SMILES string of the molecule is O=S(=O)(c1cc(C(F)(F)F)ccc1Cl)N1CCc2ccccc2C1. The van der Waals surface area contributed by atoms with Crippen LogP contribution in [-0.4, -0.2) is 19.3 Å². The molecule has 0 unspecified atom stereocenters. The molecule has 0 N–H and O–H groups in total. The number of rotatable bonds is 2. The minimum absolute atomic E-state index is 0.116. The van der Waals surface area contributed by atoms with Gasteiger partial charge >= 0.3 is 6.18 Å². The first-order valence-electron chi connectivity index (χ1n) is 7.13. The highest BCUT2D eigenvalue weighted by Crippen LogP contribution is 2.35. The van der Waals surface area contributed by atoms with Crippen molar-refractivity contribution in [3.05, 3.63) is 64.2 Å². The zero-order valence-electron chi connectivity index (χ0n) is 12.3. The number of hydrogen-bond donors (Lipinski definition) is 0. The van der Waals surface area contributed by atoms with Crippen LogP contribution >= 0.6 is 11.6 Å². The molecule has 1 aliphatic rings. The summed E-state index contributed by atoms with van der Waals surface area (Å²) in [6.45, 7) is 0.316. The Hall–Kier alpha value is -1.57. The number of sulfonamides is 1. The molecule has 0 atom stereocenters. The number of halogens is 4. The Labute approximate surface area is 142 Å². The molecular formula is C16H13ClF3NO2S. The molecule has 0 amide bonds. The Morgan fingerprint density at radius 3 is 2.38 bits per heavy atom. The van der Waals surface area contributed by atoms with Gasteiger partial charge in [0, 0.05) is 13.1 Å². The number of benzene rings is 2.